The molecule has 0 spiro atoms. The fraction of sp³-hybridized carbons (Fsp3) is 0.400. The SMILES string of the molecule is Cc1cc(C)n([C@H]2CCCN(C(=O)c3cccc4c3ccn4C)C2)n1. The molecule has 1 aromatic carbocycles. The van der Waals surface area contributed by atoms with Crippen molar-refractivity contribution in [2.24, 2.45) is 7.05 Å². The smallest absolute Gasteiger partial charge is 0.254 e. The summed E-state index contributed by atoms with van der Waals surface area (Å²) in [7, 11) is 2.01. The number of aryl methyl sites for hydroxylation is 3. The number of hydrogen-bond donors (Lipinski definition) is 0. The molecule has 3 heterocycles. The number of carbonyl (C=O) groups excluding carboxylic acids is 1. The van der Waals surface area contributed by atoms with Gasteiger partial charge in [0.15, 0.2) is 0 Å². The van der Waals surface area contributed by atoms with E-state index in [-0.39, 0.29) is 11.9 Å². The van der Waals surface area contributed by atoms with Crippen molar-refractivity contribution >= 4 is 16.8 Å². The Labute approximate surface area is 147 Å². The number of fused-ring (bicyclic) bond motifs is 1. The number of hydrogen-bond acceptors (Lipinski definition) is 2. The Morgan fingerprint density at radius 1 is 1.24 bits per heavy atom. The fourth-order valence-corrected chi connectivity index (χ4v) is 4.01. The van der Waals surface area contributed by atoms with Gasteiger partial charge < -0.3 is 9.47 Å². The summed E-state index contributed by atoms with van der Waals surface area (Å²) in [5.41, 5.74) is 4.10. The number of amides is 1. The quantitative estimate of drug-likeness (QED) is 0.719. The topological polar surface area (TPSA) is 43.1 Å². The van der Waals surface area contributed by atoms with Crippen LogP contribution in [0.15, 0.2) is 36.5 Å². The third-order valence-corrected chi connectivity index (χ3v) is 5.23. The summed E-state index contributed by atoms with van der Waals surface area (Å²) in [6.45, 7) is 5.65. The van der Waals surface area contributed by atoms with Gasteiger partial charge in [0.25, 0.3) is 5.91 Å². The van der Waals surface area contributed by atoms with Crippen LogP contribution in [0.25, 0.3) is 10.9 Å². The average molecular weight is 336 g/mol. The Bertz CT molecular complexity index is 936. The van der Waals surface area contributed by atoms with E-state index in [2.05, 4.69) is 33.4 Å². The van der Waals surface area contributed by atoms with Gasteiger partial charge in [-0.3, -0.25) is 9.48 Å². The lowest BCUT2D eigenvalue weighted by molar-refractivity contribution is 0.0673. The minimum atomic E-state index is 0.128. The highest BCUT2D eigenvalue weighted by Crippen LogP contribution is 2.26. The van der Waals surface area contributed by atoms with Gasteiger partial charge in [-0.15, -0.1) is 0 Å². The van der Waals surface area contributed by atoms with E-state index in [1.54, 1.807) is 0 Å². The number of carbonyl (C=O) groups is 1. The standard InChI is InChI=1S/C20H24N4O/c1-14-12-15(2)24(21-14)16-6-5-10-23(13-16)20(25)18-7-4-8-19-17(18)9-11-22(19)3/h4,7-9,11-12,16H,5-6,10,13H2,1-3H3/t16-/m0/s1. The van der Waals surface area contributed by atoms with Crippen LogP contribution in [-0.4, -0.2) is 38.2 Å². The van der Waals surface area contributed by atoms with Crippen LogP contribution < -0.4 is 0 Å². The molecule has 5 nitrogen and oxygen atoms in total. The minimum absolute atomic E-state index is 0.128. The molecule has 0 bridgehead atoms. The molecule has 25 heavy (non-hydrogen) atoms. The van der Waals surface area contributed by atoms with Crippen molar-refractivity contribution in [2.75, 3.05) is 13.1 Å². The van der Waals surface area contributed by atoms with Crippen LogP contribution >= 0.6 is 0 Å². The molecule has 0 N–H and O–H groups in total. The number of aromatic nitrogens is 3. The first kappa shape index (κ1) is 15.9. The zero-order chi connectivity index (χ0) is 17.6. The van der Waals surface area contributed by atoms with Crippen LogP contribution in [0.1, 0.15) is 40.6 Å². The monoisotopic (exact) mass is 336 g/mol. The van der Waals surface area contributed by atoms with Crippen molar-refractivity contribution in [1.82, 2.24) is 19.2 Å². The van der Waals surface area contributed by atoms with E-state index in [4.69, 9.17) is 0 Å². The molecule has 1 amide bonds. The largest absolute Gasteiger partial charge is 0.351 e. The van der Waals surface area contributed by atoms with Crippen molar-refractivity contribution in [3.05, 3.63) is 53.5 Å². The van der Waals surface area contributed by atoms with Crippen LogP contribution in [0, 0.1) is 13.8 Å². The summed E-state index contributed by atoms with van der Waals surface area (Å²) in [4.78, 5) is 15.2. The molecule has 1 fully saturated rings. The Morgan fingerprint density at radius 2 is 2.08 bits per heavy atom. The van der Waals surface area contributed by atoms with Gasteiger partial charge in [0.05, 0.1) is 11.7 Å². The molecule has 1 aliphatic rings. The molecule has 5 heteroatoms. The Hall–Kier alpha value is -2.56. The van der Waals surface area contributed by atoms with E-state index in [0.29, 0.717) is 0 Å². The summed E-state index contributed by atoms with van der Waals surface area (Å²) in [6, 6.07) is 10.4. The second-order valence-corrected chi connectivity index (χ2v) is 7.08. The molecular formula is C20H24N4O. The first-order valence-electron chi connectivity index (χ1n) is 8.90. The molecule has 0 radical (unpaired) electrons. The Morgan fingerprint density at radius 3 is 2.84 bits per heavy atom. The predicted octanol–water partition coefficient (Wildman–Crippen LogP) is 3.47. The second-order valence-electron chi connectivity index (χ2n) is 7.08. The first-order valence-corrected chi connectivity index (χ1v) is 8.90. The molecule has 4 rings (SSSR count). The molecule has 0 aliphatic carbocycles. The molecular weight excluding hydrogens is 312 g/mol. The first-order chi connectivity index (χ1) is 12.0. The molecule has 1 atom stereocenters. The normalized spacial score (nSPS) is 18.0. The van der Waals surface area contributed by atoms with Gasteiger partial charge in [0.2, 0.25) is 0 Å². The molecule has 130 valence electrons. The highest BCUT2D eigenvalue weighted by Gasteiger charge is 2.27. The molecule has 1 saturated heterocycles. The van der Waals surface area contributed by atoms with E-state index in [9.17, 15) is 4.79 Å². The fourth-order valence-electron chi connectivity index (χ4n) is 4.01. The van der Waals surface area contributed by atoms with Gasteiger partial charge >= 0.3 is 0 Å². The maximum atomic E-state index is 13.2. The molecule has 1 aliphatic heterocycles. The summed E-state index contributed by atoms with van der Waals surface area (Å²) < 4.78 is 4.15. The van der Waals surface area contributed by atoms with Gasteiger partial charge in [0.1, 0.15) is 0 Å². The molecule has 0 unspecified atom stereocenters. The predicted molar refractivity (Wildman–Crippen MR) is 98.8 cm³/mol. The van der Waals surface area contributed by atoms with E-state index in [1.165, 1.54) is 5.69 Å². The van der Waals surface area contributed by atoms with Crippen molar-refractivity contribution in [2.45, 2.75) is 32.7 Å². The third-order valence-electron chi connectivity index (χ3n) is 5.23. The third kappa shape index (κ3) is 2.73. The van der Waals surface area contributed by atoms with Crippen molar-refractivity contribution < 1.29 is 4.79 Å². The number of nitrogens with zero attached hydrogens (tertiary/aromatic N) is 4. The summed E-state index contributed by atoms with van der Waals surface area (Å²) >= 11 is 0. The molecule has 2 aromatic heterocycles. The van der Waals surface area contributed by atoms with Gasteiger partial charge in [-0.1, -0.05) is 6.07 Å². The van der Waals surface area contributed by atoms with Crippen LogP contribution in [0.3, 0.4) is 0 Å². The zero-order valence-corrected chi connectivity index (χ0v) is 15.1. The van der Waals surface area contributed by atoms with Gasteiger partial charge in [-0.25, -0.2) is 0 Å². The number of benzene rings is 1. The van der Waals surface area contributed by atoms with Crippen molar-refractivity contribution in [3.8, 4) is 0 Å². The van der Waals surface area contributed by atoms with E-state index in [0.717, 1.165) is 48.1 Å². The minimum Gasteiger partial charge on any atom is -0.351 e. The number of likely N-dealkylation sites (tertiary alicyclic amines) is 1. The van der Waals surface area contributed by atoms with Gasteiger partial charge in [-0.2, -0.15) is 5.10 Å². The maximum Gasteiger partial charge on any atom is 0.254 e. The van der Waals surface area contributed by atoms with E-state index >= 15 is 0 Å². The summed E-state index contributed by atoms with van der Waals surface area (Å²) in [6.07, 6.45) is 4.09. The second kappa shape index (κ2) is 6.06. The van der Waals surface area contributed by atoms with Crippen molar-refractivity contribution in [3.63, 3.8) is 0 Å². The lowest BCUT2D eigenvalue weighted by Crippen LogP contribution is -2.41. The highest BCUT2D eigenvalue weighted by molar-refractivity contribution is 6.06. The Balaban J connectivity index is 1.62. The Kier molecular flexibility index (Phi) is 3.86. The maximum absolute atomic E-state index is 13.2. The summed E-state index contributed by atoms with van der Waals surface area (Å²) in [5.74, 6) is 0.128. The van der Waals surface area contributed by atoms with Crippen LogP contribution in [0.5, 0.6) is 0 Å². The highest BCUT2D eigenvalue weighted by atomic mass is 16.2. The van der Waals surface area contributed by atoms with E-state index in [1.807, 2.05) is 43.3 Å². The van der Waals surface area contributed by atoms with Crippen molar-refractivity contribution in [1.29, 1.82) is 0 Å². The lowest BCUT2D eigenvalue weighted by Gasteiger charge is -2.33. The van der Waals surface area contributed by atoms with Crippen LogP contribution in [-0.2, 0) is 7.05 Å². The number of piperidine rings is 1. The van der Waals surface area contributed by atoms with Gasteiger partial charge in [-0.05, 0) is 51.0 Å². The lowest BCUT2D eigenvalue weighted by atomic mass is 10.0. The molecule has 0 saturated carbocycles. The summed E-state index contributed by atoms with van der Waals surface area (Å²) in [5, 5.41) is 5.66. The molecule has 3 aromatic rings. The van der Waals surface area contributed by atoms with E-state index < -0.39 is 0 Å². The van der Waals surface area contributed by atoms with Crippen LogP contribution in [0.2, 0.25) is 0 Å². The van der Waals surface area contributed by atoms with Gasteiger partial charge in [0, 0.05) is 48.5 Å². The average Bonchev–Trinajstić information content (AvgIpc) is 3.16. The zero-order valence-electron chi connectivity index (χ0n) is 15.1. The van der Waals surface area contributed by atoms with Crippen LogP contribution in [0.4, 0.5) is 0 Å². The number of rotatable bonds is 2.